The van der Waals surface area contributed by atoms with Gasteiger partial charge in [-0.3, -0.25) is 14.6 Å². The van der Waals surface area contributed by atoms with Crippen LogP contribution in [0.1, 0.15) is 17.0 Å². The number of aryl methyl sites for hydroxylation is 1. The average molecular weight is 425 g/mol. The maximum Gasteiger partial charge on any atom is 0.134 e. The number of aromatic nitrogens is 5. The van der Waals surface area contributed by atoms with Crippen LogP contribution in [-0.2, 0) is 13.0 Å². The normalized spacial score (nSPS) is 17.5. The van der Waals surface area contributed by atoms with Crippen molar-refractivity contribution in [2.24, 2.45) is 0 Å². The van der Waals surface area contributed by atoms with Crippen molar-refractivity contribution in [2.45, 2.75) is 33.0 Å². The molecule has 0 saturated carbocycles. The Morgan fingerprint density at radius 1 is 1.09 bits per heavy atom. The minimum Gasteiger partial charge on any atom is -0.397 e. The van der Waals surface area contributed by atoms with Crippen molar-refractivity contribution in [3.8, 4) is 11.3 Å². The number of hydrogen-bond acceptors (Lipinski definition) is 7. The third-order valence-corrected chi connectivity index (χ3v) is 6.58. The Labute approximate surface area is 186 Å². The first-order valence-electron chi connectivity index (χ1n) is 10.8. The molecule has 0 saturated heterocycles. The molecule has 160 valence electrons. The molecule has 2 N–H and O–H groups in total. The first-order chi connectivity index (χ1) is 15.6. The van der Waals surface area contributed by atoms with Gasteiger partial charge in [0.05, 0.1) is 24.1 Å². The van der Waals surface area contributed by atoms with Crippen molar-refractivity contribution in [1.82, 2.24) is 29.6 Å². The largest absolute Gasteiger partial charge is 0.397 e. The summed E-state index contributed by atoms with van der Waals surface area (Å²) >= 11 is 0. The van der Waals surface area contributed by atoms with E-state index in [4.69, 9.17) is 15.7 Å². The number of fused-ring (bicyclic) bond motifs is 3. The highest BCUT2D eigenvalue weighted by atomic mass is 15.4. The van der Waals surface area contributed by atoms with Gasteiger partial charge in [-0.05, 0) is 43.0 Å². The molecule has 0 radical (unpaired) electrons. The van der Waals surface area contributed by atoms with E-state index in [-0.39, 0.29) is 6.17 Å². The fraction of sp³-hybridized carbons (Fsp3) is 0.250. The Morgan fingerprint density at radius 2 is 2.00 bits per heavy atom. The molecule has 0 amide bonds. The molecule has 0 aliphatic carbocycles. The van der Waals surface area contributed by atoms with Crippen LogP contribution in [0.3, 0.4) is 0 Å². The molecule has 2 aliphatic rings. The summed E-state index contributed by atoms with van der Waals surface area (Å²) in [5.74, 6) is 0.913. The fourth-order valence-corrected chi connectivity index (χ4v) is 4.68. The van der Waals surface area contributed by atoms with E-state index in [1.165, 1.54) is 5.69 Å². The minimum atomic E-state index is 0.156. The molecule has 2 aliphatic heterocycles. The van der Waals surface area contributed by atoms with Gasteiger partial charge in [-0.1, -0.05) is 0 Å². The van der Waals surface area contributed by atoms with E-state index in [1.54, 1.807) is 6.20 Å². The second kappa shape index (κ2) is 7.05. The topological polar surface area (TPSA) is 89.0 Å². The Bertz CT molecular complexity index is 1370. The summed E-state index contributed by atoms with van der Waals surface area (Å²) in [6.07, 6.45) is 12.7. The zero-order valence-electron chi connectivity index (χ0n) is 18.1. The van der Waals surface area contributed by atoms with E-state index in [1.807, 2.05) is 32.4 Å². The highest BCUT2D eigenvalue weighted by molar-refractivity contribution is 5.89. The third kappa shape index (κ3) is 2.90. The van der Waals surface area contributed by atoms with Gasteiger partial charge in [-0.15, -0.1) is 0 Å². The summed E-state index contributed by atoms with van der Waals surface area (Å²) in [6.45, 7) is 5.78. The molecule has 4 aromatic heterocycles. The molecule has 32 heavy (non-hydrogen) atoms. The first kappa shape index (κ1) is 18.8. The Kier molecular flexibility index (Phi) is 4.14. The zero-order chi connectivity index (χ0) is 21.8. The van der Waals surface area contributed by atoms with Gasteiger partial charge in [0.1, 0.15) is 12.0 Å². The van der Waals surface area contributed by atoms with Crippen molar-refractivity contribution in [3.05, 3.63) is 72.3 Å². The van der Waals surface area contributed by atoms with E-state index in [2.05, 4.69) is 55.2 Å². The van der Waals surface area contributed by atoms with Crippen molar-refractivity contribution in [3.63, 3.8) is 0 Å². The minimum absolute atomic E-state index is 0.156. The first-order valence-corrected chi connectivity index (χ1v) is 10.8. The number of nitrogens with two attached hydrogens (primary N) is 1. The van der Waals surface area contributed by atoms with E-state index in [9.17, 15) is 0 Å². The van der Waals surface area contributed by atoms with Crippen molar-refractivity contribution >= 4 is 22.3 Å². The second-order valence-electron chi connectivity index (χ2n) is 8.44. The lowest BCUT2D eigenvalue weighted by atomic mass is 10.0. The predicted octanol–water partition coefficient (Wildman–Crippen LogP) is 3.26. The standard InChI is InChI=1S/C24H24N8/c1-15-19(11-26-13-21(15)25)22-9-17-10-23(27-12-20(17)16(2)29-22)31-8-7-30-6-4-18-3-5-28-32(18)14-24(30)31/h3,5,7-13,24H,4,6,14,25H2,1-2H3. The third-order valence-electron chi connectivity index (χ3n) is 6.58. The highest BCUT2D eigenvalue weighted by Gasteiger charge is 2.31. The summed E-state index contributed by atoms with van der Waals surface area (Å²) in [6, 6.07) is 6.35. The van der Waals surface area contributed by atoms with Crippen molar-refractivity contribution < 1.29 is 0 Å². The highest BCUT2D eigenvalue weighted by Crippen LogP contribution is 2.32. The molecule has 8 heteroatoms. The Hall–Kier alpha value is -3.94. The molecular weight excluding hydrogens is 400 g/mol. The molecule has 6 heterocycles. The van der Waals surface area contributed by atoms with E-state index in [0.717, 1.165) is 58.6 Å². The number of pyridine rings is 3. The molecule has 4 aromatic rings. The summed E-state index contributed by atoms with van der Waals surface area (Å²) < 4.78 is 2.10. The number of hydrogen-bond donors (Lipinski definition) is 1. The fourth-order valence-electron chi connectivity index (χ4n) is 4.68. The molecular formula is C24H24N8. The van der Waals surface area contributed by atoms with Crippen molar-refractivity contribution in [2.75, 3.05) is 17.2 Å². The maximum absolute atomic E-state index is 6.09. The number of anilines is 2. The van der Waals surface area contributed by atoms with Crippen LogP contribution in [0.4, 0.5) is 11.5 Å². The number of rotatable bonds is 2. The van der Waals surface area contributed by atoms with Crippen LogP contribution in [0.25, 0.3) is 22.0 Å². The lowest BCUT2D eigenvalue weighted by Crippen LogP contribution is -2.41. The number of nitrogens with zero attached hydrogens (tertiary/aromatic N) is 7. The smallest absolute Gasteiger partial charge is 0.134 e. The van der Waals surface area contributed by atoms with Crippen LogP contribution in [0.2, 0.25) is 0 Å². The molecule has 1 atom stereocenters. The van der Waals surface area contributed by atoms with E-state index in [0.29, 0.717) is 5.69 Å². The van der Waals surface area contributed by atoms with Crippen LogP contribution in [-0.4, -0.2) is 42.3 Å². The summed E-state index contributed by atoms with van der Waals surface area (Å²) in [4.78, 5) is 18.5. The molecule has 6 rings (SSSR count). The zero-order valence-corrected chi connectivity index (χ0v) is 18.1. The van der Waals surface area contributed by atoms with E-state index >= 15 is 0 Å². The molecule has 0 aromatic carbocycles. The van der Waals surface area contributed by atoms with Gasteiger partial charge in [-0.25, -0.2) is 4.98 Å². The molecule has 1 unspecified atom stereocenters. The Morgan fingerprint density at radius 3 is 2.91 bits per heavy atom. The second-order valence-corrected chi connectivity index (χ2v) is 8.44. The Balaban J connectivity index is 1.41. The quantitative estimate of drug-likeness (QED) is 0.528. The monoisotopic (exact) mass is 424 g/mol. The summed E-state index contributed by atoms with van der Waals surface area (Å²) in [7, 11) is 0. The average Bonchev–Trinajstić information content (AvgIpc) is 3.37. The predicted molar refractivity (Wildman–Crippen MR) is 125 cm³/mol. The van der Waals surface area contributed by atoms with Gasteiger partial charge in [0, 0.05) is 66.3 Å². The maximum atomic E-state index is 6.09. The lowest BCUT2D eigenvalue weighted by molar-refractivity contribution is 0.286. The van der Waals surface area contributed by atoms with Gasteiger partial charge in [-0.2, -0.15) is 5.10 Å². The van der Waals surface area contributed by atoms with Crippen LogP contribution in [0.5, 0.6) is 0 Å². The number of nitrogen functional groups attached to an aromatic ring is 1. The summed E-state index contributed by atoms with van der Waals surface area (Å²) in [5.41, 5.74) is 11.8. The van der Waals surface area contributed by atoms with Gasteiger partial charge < -0.3 is 15.5 Å². The molecule has 8 nitrogen and oxygen atoms in total. The van der Waals surface area contributed by atoms with Crippen LogP contribution in [0.15, 0.2) is 55.4 Å². The van der Waals surface area contributed by atoms with Gasteiger partial charge in [0.25, 0.3) is 0 Å². The SMILES string of the molecule is Cc1c(N)cncc1-c1cc2cc(N3C=CN4CCc5ccnn5CC43)ncc2c(C)n1. The van der Waals surface area contributed by atoms with Crippen LogP contribution in [0, 0.1) is 13.8 Å². The van der Waals surface area contributed by atoms with Gasteiger partial charge >= 0.3 is 0 Å². The lowest BCUT2D eigenvalue weighted by Gasteiger charge is -2.30. The summed E-state index contributed by atoms with van der Waals surface area (Å²) in [5, 5.41) is 6.66. The van der Waals surface area contributed by atoms with Gasteiger partial charge in [0.15, 0.2) is 0 Å². The van der Waals surface area contributed by atoms with Gasteiger partial charge in [0.2, 0.25) is 0 Å². The van der Waals surface area contributed by atoms with Crippen LogP contribution < -0.4 is 10.6 Å². The van der Waals surface area contributed by atoms with E-state index < -0.39 is 0 Å². The molecule has 0 fully saturated rings. The van der Waals surface area contributed by atoms with Crippen LogP contribution >= 0.6 is 0 Å². The molecule has 0 spiro atoms. The van der Waals surface area contributed by atoms with Crippen molar-refractivity contribution in [1.29, 1.82) is 0 Å². The molecule has 0 bridgehead atoms.